The Morgan fingerprint density at radius 3 is 2.82 bits per heavy atom. The van der Waals surface area contributed by atoms with Gasteiger partial charge >= 0.3 is 0 Å². The van der Waals surface area contributed by atoms with Crippen molar-refractivity contribution < 1.29 is 9.53 Å². The van der Waals surface area contributed by atoms with Crippen LogP contribution in [0.3, 0.4) is 0 Å². The van der Waals surface area contributed by atoms with Crippen LogP contribution in [0, 0.1) is 0 Å². The van der Waals surface area contributed by atoms with Crippen LogP contribution < -0.4 is 15.4 Å². The van der Waals surface area contributed by atoms with Gasteiger partial charge in [0.25, 0.3) is 0 Å². The number of likely N-dealkylation sites (N-methyl/N-ethyl adjacent to an activating group) is 1. The lowest BCUT2D eigenvalue weighted by molar-refractivity contribution is -0.120. The number of hydrogen-bond donors (Lipinski definition) is 2. The van der Waals surface area contributed by atoms with E-state index in [1.165, 1.54) is 0 Å². The fraction of sp³-hybridized carbons (Fsp3) is 0.417. The third kappa shape index (κ3) is 4.63. The molecule has 0 aliphatic carbocycles. The minimum absolute atomic E-state index is 0.0440. The number of amides is 1. The summed E-state index contributed by atoms with van der Waals surface area (Å²) in [6, 6.07) is 5.49. The highest BCUT2D eigenvalue weighted by Crippen LogP contribution is 2.25. The van der Waals surface area contributed by atoms with Crippen molar-refractivity contribution in [2.45, 2.75) is 13.5 Å². The van der Waals surface area contributed by atoms with E-state index in [0.29, 0.717) is 30.5 Å². The van der Waals surface area contributed by atoms with Gasteiger partial charge in [-0.05, 0) is 31.7 Å². The Morgan fingerprint density at radius 2 is 2.24 bits per heavy atom. The van der Waals surface area contributed by atoms with E-state index in [-0.39, 0.29) is 5.91 Å². The molecule has 0 aromatic heterocycles. The Balaban J connectivity index is 2.55. The SMILES string of the molecule is CCOc1ccc(CNC(=O)CNC)cc1Cl. The molecular formula is C12H17ClN2O2. The molecule has 1 rings (SSSR count). The van der Waals surface area contributed by atoms with E-state index < -0.39 is 0 Å². The molecule has 17 heavy (non-hydrogen) atoms. The first kappa shape index (κ1) is 13.8. The van der Waals surface area contributed by atoms with Crippen molar-refractivity contribution in [1.29, 1.82) is 0 Å². The van der Waals surface area contributed by atoms with Crippen molar-refractivity contribution in [3.63, 3.8) is 0 Å². The molecule has 1 aromatic carbocycles. The summed E-state index contributed by atoms with van der Waals surface area (Å²) in [6.45, 7) is 3.26. The maximum absolute atomic E-state index is 11.2. The van der Waals surface area contributed by atoms with Gasteiger partial charge < -0.3 is 15.4 Å². The van der Waals surface area contributed by atoms with E-state index in [2.05, 4.69) is 10.6 Å². The number of carbonyl (C=O) groups is 1. The van der Waals surface area contributed by atoms with E-state index >= 15 is 0 Å². The van der Waals surface area contributed by atoms with Crippen LogP contribution in [0.4, 0.5) is 0 Å². The molecule has 4 nitrogen and oxygen atoms in total. The van der Waals surface area contributed by atoms with Gasteiger partial charge in [-0.25, -0.2) is 0 Å². The van der Waals surface area contributed by atoms with Gasteiger partial charge in [0.1, 0.15) is 5.75 Å². The summed E-state index contributed by atoms with van der Waals surface area (Å²) >= 11 is 6.03. The third-order valence-electron chi connectivity index (χ3n) is 2.12. The first-order valence-electron chi connectivity index (χ1n) is 5.50. The topological polar surface area (TPSA) is 50.4 Å². The number of carbonyl (C=O) groups excluding carboxylic acids is 1. The van der Waals surface area contributed by atoms with Crippen LogP contribution in [0.1, 0.15) is 12.5 Å². The van der Waals surface area contributed by atoms with Crippen LogP contribution in [0.15, 0.2) is 18.2 Å². The molecule has 5 heteroatoms. The van der Waals surface area contributed by atoms with Crippen LogP contribution in [0.5, 0.6) is 5.75 Å². The molecule has 0 saturated heterocycles. The summed E-state index contributed by atoms with van der Waals surface area (Å²) in [4.78, 5) is 11.2. The fourth-order valence-electron chi connectivity index (χ4n) is 1.35. The van der Waals surface area contributed by atoms with E-state index in [0.717, 1.165) is 5.56 Å². The lowest BCUT2D eigenvalue weighted by atomic mass is 10.2. The molecule has 2 N–H and O–H groups in total. The number of hydrogen-bond acceptors (Lipinski definition) is 3. The minimum Gasteiger partial charge on any atom is -0.492 e. The van der Waals surface area contributed by atoms with Gasteiger partial charge in [-0.2, -0.15) is 0 Å². The molecule has 94 valence electrons. The van der Waals surface area contributed by atoms with E-state index in [1.54, 1.807) is 13.1 Å². The zero-order valence-corrected chi connectivity index (χ0v) is 10.8. The lowest BCUT2D eigenvalue weighted by Gasteiger charge is -2.08. The number of benzene rings is 1. The number of nitrogens with one attached hydrogen (secondary N) is 2. The second kappa shape index (κ2) is 7.14. The molecule has 1 amide bonds. The summed E-state index contributed by atoms with van der Waals surface area (Å²) in [5.41, 5.74) is 0.947. The van der Waals surface area contributed by atoms with Crippen molar-refractivity contribution >= 4 is 17.5 Å². The van der Waals surface area contributed by atoms with E-state index in [9.17, 15) is 4.79 Å². The van der Waals surface area contributed by atoms with Gasteiger partial charge in [0, 0.05) is 6.54 Å². The van der Waals surface area contributed by atoms with E-state index in [4.69, 9.17) is 16.3 Å². The molecule has 0 aliphatic heterocycles. The van der Waals surface area contributed by atoms with Gasteiger partial charge in [0.05, 0.1) is 18.2 Å². The largest absolute Gasteiger partial charge is 0.492 e. The zero-order valence-electron chi connectivity index (χ0n) is 10.0. The molecule has 0 heterocycles. The van der Waals surface area contributed by atoms with Crippen molar-refractivity contribution in [2.75, 3.05) is 20.2 Å². The molecule has 0 bridgehead atoms. The molecule has 1 aromatic rings. The summed E-state index contributed by atoms with van der Waals surface area (Å²) < 4.78 is 5.33. The second-order valence-electron chi connectivity index (χ2n) is 3.50. The van der Waals surface area contributed by atoms with Crippen LogP contribution in [0.25, 0.3) is 0 Å². The normalized spacial score (nSPS) is 10.1. The molecule has 0 spiro atoms. The predicted octanol–water partition coefficient (Wildman–Crippen LogP) is 1.57. The highest BCUT2D eigenvalue weighted by atomic mass is 35.5. The summed E-state index contributed by atoms with van der Waals surface area (Å²) in [7, 11) is 1.73. The summed E-state index contributed by atoms with van der Waals surface area (Å²) in [5, 5.41) is 6.12. The van der Waals surface area contributed by atoms with Crippen LogP contribution in [-0.4, -0.2) is 26.1 Å². The van der Waals surface area contributed by atoms with Crippen LogP contribution >= 0.6 is 11.6 Å². The molecular weight excluding hydrogens is 240 g/mol. The Morgan fingerprint density at radius 1 is 1.47 bits per heavy atom. The first-order valence-corrected chi connectivity index (χ1v) is 5.87. The number of ether oxygens (including phenoxy) is 1. The van der Waals surface area contributed by atoms with E-state index in [1.807, 2.05) is 19.1 Å². The van der Waals surface area contributed by atoms with Gasteiger partial charge in [-0.15, -0.1) is 0 Å². The third-order valence-corrected chi connectivity index (χ3v) is 2.42. The van der Waals surface area contributed by atoms with Gasteiger partial charge in [-0.3, -0.25) is 4.79 Å². The Bertz CT molecular complexity index is 383. The monoisotopic (exact) mass is 256 g/mol. The Labute approximate surface area is 106 Å². The van der Waals surface area contributed by atoms with Crippen molar-refractivity contribution in [1.82, 2.24) is 10.6 Å². The lowest BCUT2D eigenvalue weighted by Crippen LogP contribution is -2.31. The summed E-state index contributed by atoms with van der Waals surface area (Å²) in [5.74, 6) is 0.622. The fourth-order valence-corrected chi connectivity index (χ4v) is 1.61. The van der Waals surface area contributed by atoms with Crippen molar-refractivity contribution in [3.8, 4) is 5.75 Å². The average Bonchev–Trinajstić information content (AvgIpc) is 2.30. The summed E-state index contributed by atoms with van der Waals surface area (Å²) in [6.07, 6.45) is 0. The smallest absolute Gasteiger partial charge is 0.234 e. The predicted molar refractivity (Wildman–Crippen MR) is 68.4 cm³/mol. The van der Waals surface area contributed by atoms with Gasteiger partial charge in [0.2, 0.25) is 5.91 Å². The standard InChI is InChI=1S/C12H17ClN2O2/c1-3-17-11-5-4-9(6-10(11)13)7-15-12(16)8-14-2/h4-6,14H,3,7-8H2,1-2H3,(H,15,16). The van der Waals surface area contributed by atoms with Gasteiger partial charge in [0.15, 0.2) is 0 Å². The molecule has 0 atom stereocenters. The number of halogens is 1. The molecule has 0 radical (unpaired) electrons. The minimum atomic E-state index is -0.0440. The number of rotatable bonds is 6. The maximum atomic E-state index is 11.2. The Kier molecular flexibility index (Phi) is 5.80. The molecule has 0 fully saturated rings. The first-order chi connectivity index (χ1) is 8.17. The quantitative estimate of drug-likeness (QED) is 0.813. The van der Waals surface area contributed by atoms with Crippen LogP contribution in [-0.2, 0) is 11.3 Å². The zero-order chi connectivity index (χ0) is 12.7. The second-order valence-corrected chi connectivity index (χ2v) is 3.91. The van der Waals surface area contributed by atoms with Crippen LogP contribution in [0.2, 0.25) is 5.02 Å². The van der Waals surface area contributed by atoms with Crippen molar-refractivity contribution in [3.05, 3.63) is 28.8 Å². The van der Waals surface area contributed by atoms with Gasteiger partial charge in [-0.1, -0.05) is 17.7 Å². The highest BCUT2D eigenvalue weighted by molar-refractivity contribution is 6.32. The maximum Gasteiger partial charge on any atom is 0.234 e. The average molecular weight is 257 g/mol. The highest BCUT2D eigenvalue weighted by Gasteiger charge is 2.04. The Hall–Kier alpha value is -1.26. The van der Waals surface area contributed by atoms with Crippen molar-refractivity contribution in [2.24, 2.45) is 0 Å². The molecule has 0 saturated carbocycles. The molecule has 0 unspecified atom stereocenters. The molecule has 0 aliphatic rings.